The molecule has 27 heavy (non-hydrogen) atoms. The van der Waals surface area contributed by atoms with E-state index in [-0.39, 0.29) is 12.1 Å². The predicted octanol–water partition coefficient (Wildman–Crippen LogP) is 2.66. The van der Waals surface area contributed by atoms with E-state index in [1.165, 1.54) is 4.70 Å². The lowest BCUT2D eigenvalue weighted by Gasteiger charge is -2.39. The number of thiazole rings is 1. The summed E-state index contributed by atoms with van der Waals surface area (Å²) in [5, 5.41) is 1.05. The molecule has 1 aromatic carbocycles. The smallest absolute Gasteiger partial charge is 0.320 e. The third kappa shape index (κ3) is 3.82. The normalized spacial score (nSPS) is 18.7. The number of anilines is 1. The van der Waals surface area contributed by atoms with Crippen molar-refractivity contribution >= 4 is 32.7 Å². The summed E-state index contributed by atoms with van der Waals surface area (Å²) in [7, 11) is 3.61. The van der Waals surface area contributed by atoms with E-state index in [1.807, 2.05) is 29.0 Å². The summed E-state index contributed by atoms with van der Waals surface area (Å²) < 4.78 is 11.8. The van der Waals surface area contributed by atoms with Crippen molar-refractivity contribution in [3.05, 3.63) is 18.2 Å². The molecule has 3 heterocycles. The summed E-state index contributed by atoms with van der Waals surface area (Å²) in [4.78, 5) is 23.6. The summed E-state index contributed by atoms with van der Waals surface area (Å²) in [6, 6.07) is 6.44. The number of hydrogen-bond donors (Lipinski definition) is 0. The Balaban J connectivity index is 1.37. The van der Waals surface area contributed by atoms with Gasteiger partial charge in [-0.3, -0.25) is 0 Å². The number of carbonyl (C=O) groups excluding carboxylic acids is 1. The number of ether oxygens (including phenoxy) is 2. The molecule has 1 aromatic heterocycles. The van der Waals surface area contributed by atoms with Gasteiger partial charge in [0.05, 0.1) is 30.5 Å². The van der Waals surface area contributed by atoms with Gasteiger partial charge in [-0.1, -0.05) is 11.3 Å². The maximum atomic E-state index is 12.7. The van der Waals surface area contributed by atoms with Crippen LogP contribution in [0.4, 0.5) is 9.93 Å². The highest BCUT2D eigenvalue weighted by Gasteiger charge is 2.29. The number of carbonyl (C=O) groups is 1. The molecule has 4 rings (SSSR count). The van der Waals surface area contributed by atoms with Crippen molar-refractivity contribution in [1.29, 1.82) is 0 Å². The molecule has 0 spiro atoms. The minimum absolute atomic E-state index is 0.129. The first kappa shape index (κ1) is 18.3. The molecule has 0 bridgehead atoms. The molecule has 146 valence electrons. The number of amides is 2. The minimum atomic E-state index is 0.129. The van der Waals surface area contributed by atoms with E-state index in [0.717, 1.165) is 42.3 Å². The van der Waals surface area contributed by atoms with Crippen molar-refractivity contribution < 1.29 is 14.3 Å². The summed E-state index contributed by atoms with van der Waals surface area (Å²) in [5.41, 5.74) is 0.982. The Hall–Kier alpha value is -2.06. The number of urea groups is 1. The fourth-order valence-corrected chi connectivity index (χ4v) is 4.73. The molecule has 0 N–H and O–H groups in total. The van der Waals surface area contributed by atoms with Crippen LogP contribution in [0.15, 0.2) is 18.2 Å². The van der Waals surface area contributed by atoms with Crippen LogP contribution >= 0.6 is 11.3 Å². The van der Waals surface area contributed by atoms with E-state index < -0.39 is 0 Å². The van der Waals surface area contributed by atoms with Gasteiger partial charge in [-0.2, -0.15) is 0 Å². The molecule has 0 radical (unpaired) electrons. The van der Waals surface area contributed by atoms with Crippen molar-refractivity contribution in [3.8, 4) is 5.75 Å². The molecule has 2 fully saturated rings. The van der Waals surface area contributed by atoms with E-state index >= 15 is 0 Å². The molecule has 0 saturated carbocycles. The topological polar surface area (TPSA) is 58.1 Å². The lowest BCUT2D eigenvalue weighted by atomic mass is 10.0. The Morgan fingerprint density at radius 3 is 2.70 bits per heavy atom. The fourth-order valence-electron chi connectivity index (χ4n) is 3.74. The zero-order valence-electron chi connectivity index (χ0n) is 15.9. The van der Waals surface area contributed by atoms with E-state index in [9.17, 15) is 4.79 Å². The average Bonchev–Trinajstić information content (AvgIpc) is 3.16. The molecule has 2 aliphatic heterocycles. The quantitative estimate of drug-likeness (QED) is 0.806. The van der Waals surface area contributed by atoms with Crippen molar-refractivity contribution in [1.82, 2.24) is 14.8 Å². The van der Waals surface area contributed by atoms with Gasteiger partial charge in [-0.05, 0) is 25.0 Å². The molecule has 2 saturated heterocycles. The van der Waals surface area contributed by atoms with E-state index in [1.54, 1.807) is 18.4 Å². The molecule has 8 heteroatoms. The molecule has 2 aliphatic rings. The third-order valence-corrected chi connectivity index (χ3v) is 6.55. The average molecular weight is 391 g/mol. The zero-order chi connectivity index (χ0) is 18.8. The van der Waals surface area contributed by atoms with Gasteiger partial charge in [0.25, 0.3) is 0 Å². The Morgan fingerprint density at radius 1 is 1.26 bits per heavy atom. The predicted molar refractivity (Wildman–Crippen MR) is 107 cm³/mol. The number of morpholine rings is 1. The van der Waals surface area contributed by atoms with E-state index in [2.05, 4.69) is 11.0 Å². The number of hydrogen-bond acceptors (Lipinski definition) is 6. The zero-order valence-corrected chi connectivity index (χ0v) is 16.7. The molecule has 2 aromatic rings. The van der Waals surface area contributed by atoms with E-state index in [4.69, 9.17) is 14.5 Å². The van der Waals surface area contributed by atoms with Gasteiger partial charge >= 0.3 is 6.03 Å². The van der Waals surface area contributed by atoms with Crippen molar-refractivity contribution in [2.75, 3.05) is 58.5 Å². The number of benzene rings is 1. The number of rotatable bonds is 3. The summed E-state index contributed by atoms with van der Waals surface area (Å²) in [6.45, 7) is 4.50. The van der Waals surface area contributed by atoms with Crippen molar-refractivity contribution in [3.63, 3.8) is 0 Å². The maximum absolute atomic E-state index is 12.7. The van der Waals surface area contributed by atoms with Gasteiger partial charge in [0, 0.05) is 45.3 Å². The Kier molecular flexibility index (Phi) is 5.36. The van der Waals surface area contributed by atoms with Gasteiger partial charge in [0.1, 0.15) is 5.75 Å². The third-order valence-electron chi connectivity index (χ3n) is 5.45. The molecular weight excluding hydrogens is 364 g/mol. The van der Waals surface area contributed by atoms with Crippen LogP contribution in [0.3, 0.4) is 0 Å². The first-order chi connectivity index (χ1) is 13.2. The Morgan fingerprint density at radius 2 is 2.00 bits per heavy atom. The summed E-state index contributed by atoms with van der Waals surface area (Å²) in [6.07, 6.45) is 1.93. The molecule has 0 unspecified atom stereocenters. The van der Waals surface area contributed by atoms with E-state index in [0.29, 0.717) is 26.3 Å². The molecular formula is C19H26N4O3S. The van der Waals surface area contributed by atoms with Crippen LogP contribution in [0.2, 0.25) is 0 Å². The highest BCUT2D eigenvalue weighted by molar-refractivity contribution is 7.22. The van der Waals surface area contributed by atoms with Crippen LogP contribution < -0.4 is 9.64 Å². The van der Waals surface area contributed by atoms with Gasteiger partial charge in [-0.25, -0.2) is 9.78 Å². The highest BCUT2D eigenvalue weighted by atomic mass is 32.1. The lowest BCUT2D eigenvalue weighted by molar-refractivity contribution is 0.0409. The second-order valence-corrected chi connectivity index (χ2v) is 8.05. The van der Waals surface area contributed by atoms with Crippen LogP contribution in [0.5, 0.6) is 5.75 Å². The summed E-state index contributed by atoms with van der Waals surface area (Å²) >= 11 is 1.72. The lowest BCUT2D eigenvalue weighted by Crippen LogP contribution is -2.52. The van der Waals surface area contributed by atoms with Gasteiger partial charge in [0.2, 0.25) is 0 Å². The fraction of sp³-hybridized carbons (Fsp3) is 0.579. The standard InChI is InChI=1S/C19H26N4O3S/c1-21(19(24)23-9-11-26-12-10-23)14-5-7-22(8-6-14)18-20-16-13-15(25-2)3-4-17(16)27-18/h3-4,13-14H,5-12H2,1-2H3. The first-order valence-corrected chi connectivity index (χ1v) is 10.3. The monoisotopic (exact) mass is 390 g/mol. The van der Waals surface area contributed by atoms with Crippen molar-refractivity contribution in [2.24, 2.45) is 0 Å². The second kappa shape index (κ2) is 7.90. The van der Waals surface area contributed by atoms with Gasteiger partial charge in [0.15, 0.2) is 5.13 Å². The van der Waals surface area contributed by atoms with Crippen LogP contribution in [0, 0.1) is 0 Å². The minimum Gasteiger partial charge on any atom is -0.497 e. The van der Waals surface area contributed by atoms with Crippen LogP contribution in [0.1, 0.15) is 12.8 Å². The van der Waals surface area contributed by atoms with Crippen LogP contribution in [0.25, 0.3) is 10.2 Å². The van der Waals surface area contributed by atoms with Gasteiger partial charge in [-0.15, -0.1) is 0 Å². The van der Waals surface area contributed by atoms with Gasteiger partial charge < -0.3 is 24.2 Å². The molecule has 7 nitrogen and oxygen atoms in total. The number of fused-ring (bicyclic) bond motifs is 1. The van der Waals surface area contributed by atoms with Crippen LogP contribution in [-0.4, -0.2) is 80.4 Å². The Labute approximate surface area is 163 Å². The summed E-state index contributed by atoms with van der Waals surface area (Å²) in [5.74, 6) is 0.835. The molecule has 0 atom stereocenters. The largest absolute Gasteiger partial charge is 0.497 e. The number of piperidine rings is 1. The second-order valence-electron chi connectivity index (χ2n) is 7.04. The first-order valence-electron chi connectivity index (χ1n) is 9.44. The molecule has 2 amide bonds. The Bertz CT molecular complexity index is 797. The molecule has 0 aliphatic carbocycles. The maximum Gasteiger partial charge on any atom is 0.320 e. The number of methoxy groups -OCH3 is 1. The number of aromatic nitrogens is 1. The van der Waals surface area contributed by atoms with Crippen molar-refractivity contribution in [2.45, 2.75) is 18.9 Å². The highest BCUT2D eigenvalue weighted by Crippen LogP contribution is 2.33. The number of nitrogens with zero attached hydrogens (tertiary/aromatic N) is 4. The SMILES string of the molecule is COc1ccc2sc(N3CCC(N(C)C(=O)N4CCOCC4)CC3)nc2c1. The van der Waals surface area contributed by atoms with Crippen LogP contribution in [-0.2, 0) is 4.74 Å².